The lowest BCUT2D eigenvalue weighted by atomic mass is 9.58. The van der Waals surface area contributed by atoms with Crippen LogP contribution < -0.4 is 5.32 Å². The van der Waals surface area contributed by atoms with Crippen molar-refractivity contribution < 1.29 is 4.79 Å². The third-order valence-corrected chi connectivity index (χ3v) is 4.88. The first kappa shape index (κ1) is 11.9. The number of carbonyl (C=O) groups excluding carboxylic acids is 1. The highest BCUT2D eigenvalue weighted by Gasteiger charge is 2.52. The highest BCUT2D eigenvalue weighted by molar-refractivity contribution is 5.80. The lowest BCUT2D eigenvalue weighted by Crippen LogP contribution is -2.45. The Morgan fingerprint density at radius 2 is 2.19 bits per heavy atom. The highest BCUT2D eigenvalue weighted by atomic mass is 16.2. The number of nitrogens with one attached hydrogen (secondary N) is 1. The second kappa shape index (κ2) is 4.38. The van der Waals surface area contributed by atoms with Crippen LogP contribution in [0.15, 0.2) is 0 Å². The SMILES string of the molecule is CCC1NC(=O)CC12CCCCC2C(C)C. The van der Waals surface area contributed by atoms with Gasteiger partial charge in [0.15, 0.2) is 0 Å². The maximum absolute atomic E-state index is 11.7. The van der Waals surface area contributed by atoms with Crippen molar-refractivity contribution >= 4 is 5.91 Å². The average Bonchev–Trinajstić information content (AvgIpc) is 2.55. The number of hydrogen-bond acceptors (Lipinski definition) is 1. The topological polar surface area (TPSA) is 29.1 Å². The summed E-state index contributed by atoms with van der Waals surface area (Å²) in [5.41, 5.74) is 0.290. The van der Waals surface area contributed by atoms with Crippen molar-refractivity contribution in [3.05, 3.63) is 0 Å². The summed E-state index contributed by atoms with van der Waals surface area (Å²) in [6.45, 7) is 6.87. The second-order valence-corrected chi connectivity index (χ2v) is 6.03. The predicted octanol–water partition coefficient (Wildman–Crippen LogP) is 3.12. The van der Waals surface area contributed by atoms with E-state index in [1.54, 1.807) is 0 Å². The van der Waals surface area contributed by atoms with E-state index in [-0.39, 0.29) is 5.41 Å². The van der Waals surface area contributed by atoms with Crippen LogP contribution in [0.2, 0.25) is 0 Å². The van der Waals surface area contributed by atoms with Crippen molar-refractivity contribution in [2.24, 2.45) is 17.3 Å². The molecular formula is C14H25NO. The van der Waals surface area contributed by atoms with Gasteiger partial charge in [0.2, 0.25) is 5.91 Å². The molecule has 3 unspecified atom stereocenters. The third kappa shape index (κ3) is 1.76. The highest BCUT2D eigenvalue weighted by Crippen LogP contribution is 2.52. The molecule has 1 saturated carbocycles. The van der Waals surface area contributed by atoms with E-state index in [0.29, 0.717) is 17.9 Å². The second-order valence-electron chi connectivity index (χ2n) is 6.03. The summed E-state index contributed by atoms with van der Waals surface area (Å²) in [5.74, 6) is 1.74. The van der Waals surface area contributed by atoms with Crippen LogP contribution in [0.1, 0.15) is 59.3 Å². The van der Waals surface area contributed by atoms with Gasteiger partial charge >= 0.3 is 0 Å². The van der Waals surface area contributed by atoms with Crippen molar-refractivity contribution in [3.63, 3.8) is 0 Å². The van der Waals surface area contributed by atoms with E-state index in [1.807, 2.05) is 0 Å². The van der Waals surface area contributed by atoms with Crippen LogP contribution in [0.25, 0.3) is 0 Å². The monoisotopic (exact) mass is 223 g/mol. The molecule has 16 heavy (non-hydrogen) atoms. The molecule has 2 fully saturated rings. The first-order valence-corrected chi connectivity index (χ1v) is 6.89. The van der Waals surface area contributed by atoms with Crippen LogP contribution in [-0.2, 0) is 4.79 Å². The van der Waals surface area contributed by atoms with Gasteiger partial charge < -0.3 is 5.32 Å². The van der Waals surface area contributed by atoms with Crippen LogP contribution >= 0.6 is 0 Å². The molecule has 1 heterocycles. The molecule has 1 saturated heterocycles. The summed E-state index contributed by atoms with van der Waals surface area (Å²) in [7, 11) is 0. The minimum Gasteiger partial charge on any atom is -0.353 e. The van der Waals surface area contributed by atoms with E-state index in [4.69, 9.17) is 0 Å². The number of amides is 1. The number of carbonyl (C=O) groups is 1. The number of hydrogen-bond donors (Lipinski definition) is 1. The summed E-state index contributed by atoms with van der Waals surface area (Å²) in [4.78, 5) is 11.7. The van der Waals surface area contributed by atoms with Crippen molar-refractivity contribution in [2.45, 2.75) is 65.3 Å². The Morgan fingerprint density at radius 1 is 1.44 bits per heavy atom. The van der Waals surface area contributed by atoms with Gasteiger partial charge in [-0.2, -0.15) is 0 Å². The quantitative estimate of drug-likeness (QED) is 0.765. The first-order chi connectivity index (χ1) is 7.60. The van der Waals surface area contributed by atoms with Gasteiger partial charge in [-0.05, 0) is 31.1 Å². The Bertz CT molecular complexity index is 274. The minimum absolute atomic E-state index is 0.290. The zero-order chi connectivity index (χ0) is 11.8. The molecule has 2 heteroatoms. The van der Waals surface area contributed by atoms with Gasteiger partial charge in [-0.3, -0.25) is 4.79 Å². The maximum Gasteiger partial charge on any atom is 0.220 e. The molecule has 1 aliphatic heterocycles. The zero-order valence-electron chi connectivity index (χ0n) is 10.9. The average molecular weight is 223 g/mol. The number of rotatable bonds is 2. The van der Waals surface area contributed by atoms with Gasteiger partial charge in [0, 0.05) is 17.9 Å². The normalized spacial score (nSPS) is 39.4. The molecule has 2 aliphatic rings. The molecule has 92 valence electrons. The van der Waals surface area contributed by atoms with Gasteiger partial charge in [-0.15, -0.1) is 0 Å². The predicted molar refractivity (Wildman–Crippen MR) is 66.1 cm³/mol. The van der Waals surface area contributed by atoms with E-state index in [1.165, 1.54) is 25.7 Å². The molecule has 0 radical (unpaired) electrons. The molecule has 1 N–H and O–H groups in total. The van der Waals surface area contributed by atoms with Crippen molar-refractivity contribution in [2.75, 3.05) is 0 Å². The molecule has 2 nitrogen and oxygen atoms in total. The lowest BCUT2D eigenvalue weighted by molar-refractivity contribution is -0.120. The Labute approximate surface area is 99.2 Å². The van der Waals surface area contributed by atoms with E-state index < -0.39 is 0 Å². The molecule has 0 aromatic rings. The van der Waals surface area contributed by atoms with E-state index in [0.717, 1.165) is 18.8 Å². The van der Waals surface area contributed by atoms with Gasteiger partial charge in [-0.25, -0.2) is 0 Å². The Morgan fingerprint density at radius 3 is 2.81 bits per heavy atom. The summed E-state index contributed by atoms with van der Waals surface area (Å²) in [6.07, 6.45) is 7.13. The molecule has 2 rings (SSSR count). The maximum atomic E-state index is 11.7. The summed E-state index contributed by atoms with van der Waals surface area (Å²) in [5, 5.41) is 3.21. The van der Waals surface area contributed by atoms with Crippen molar-refractivity contribution in [1.82, 2.24) is 5.32 Å². The van der Waals surface area contributed by atoms with E-state index in [9.17, 15) is 4.79 Å². The van der Waals surface area contributed by atoms with Crippen LogP contribution in [0, 0.1) is 17.3 Å². The van der Waals surface area contributed by atoms with Gasteiger partial charge in [-0.1, -0.05) is 33.6 Å². The molecule has 0 bridgehead atoms. The van der Waals surface area contributed by atoms with Gasteiger partial charge in [0.1, 0.15) is 0 Å². The van der Waals surface area contributed by atoms with E-state index >= 15 is 0 Å². The Balaban J connectivity index is 2.27. The van der Waals surface area contributed by atoms with Crippen LogP contribution in [0.3, 0.4) is 0 Å². The van der Waals surface area contributed by atoms with Crippen molar-refractivity contribution in [3.8, 4) is 0 Å². The zero-order valence-corrected chi connectivity index (χ0v) is 10.9. The molecule has 0 aromatic carbocycles. The molecule has 1 spiro atoms. The van der Waals surface area contributed by atoms with Crippen LogP contribution in [-0.4, -0.2) is 11.9 Å². The lowest BCUT2D eigenvalue weighted by Gasteiger charge is -2.46. The van der Waals surface area contributed by atoms with Crippen molar-refractivity contribution in [1.29, 1.82) is 0 Å². The first-order valence-electron chi connectivity index (χ1n) is 6.89. The van der Waals surface area contributed by atoms with Gasteiger partial charge in [0.05, 0.1) is 0 Å². The molecular weight excluding hydrogens is 198 g/mol. The fourth-order valence-electron chi connectivity index (χ4n) is 4.26. The Kier molecular flexibility index (Phi) is 3.27. The molecule has 1 aliphatic carbocycles. The van der Waals surface area contributed by atoms with Crippen LogP contribution in [0.5, 0.6) is 0 Å². The summed E-state index contributed by atoms with van der Waals surface area (Å²) in [6, 6.07) is 0.438. The third-order valence-electron chi connectivity index (χ3n) is 4.88. The van der Waals surface area contributed by atoms with Gasteiger partial charge in [0.25, 0.3) is 0 Å². The smallest absolute Gasteiger partial charge is 0.220 e. The fraction of sp³-hybridized carbons (Fsp3) is 0.929. The van der Waals surface area contributed by atoms with E-state index in [2.05, 4.69) is 26.1 Å². The fourth-order valence-corrected chi connectivity index (χ4v) is 4.26. The Hall–Kier alpha value is -0.530. The molecule has 1 amide bonds. The summed E-state index contributed by atoms with van der Waals surface area (Å²) < 4.78 is 0. The van der Waals surface area contributed by atoms with Crippen LogP contribution in [0.4, 0.5) is 0 Å². The molecule has 0 aromatic heterocycles. The molecule has 3 atom stereocenters. The minimum atomic E-state index is 0.290. The largest absolute Gasteiger partial charge is 0.353 e. The standard InChI is InChI=1S/C14H25NO/c1-4-12-14(9-13(16)15-12)8-6-5-7-11(14)10(2)3/h10-12H,4-9H2,1-3H3,(H,15,16). The summed E-state index contributed by atoms with van der Waals surface area (Å²) >= 11 is 0.